The maximum absolute atomic E-state index is 11.8. The van der Waals surface area contributed by atoms with Gasteiger partial charge in [-0.2, -0.15) is 0 Å². The molecule has 2 rings (SSSR count). The lowest BCUT2D eigenvalue weighted by molar-refractivity contribution is -0.120. The number of carbonyl (C=O) groups is 1. The second-order valence-electron chi connectivity index (χ2n) is 5.43. The van der Waals surface area contributed by atoms with Gasteiger partial charge in [0.1, 0.15) is 12.4 Å². The lowest BCUT2D eigenvalue weighted by Crippen LogP contribution is -2.28. The van der Waals surface area contributed by atoms with Crippen molar-refractivity contribution >= 4 is 17.7 Å². The van der Waals surface area contributed by atoms with E-state index in [1.165, 1.54) is 16.0 Å². The summed E-state index contributed by atoms with van der Waals surface area (Å²) >= 11 is 1.70. The number of thioether (sulfide) groups is 1. The van der Waals surface area contributed by atoms with Crippen LogP contribution in [0.15, 0.2) is 53.4 Å². The zero-order valence-electron chi connectivity index (χ0n) is 13.7. The summed E-state index contributed by atoms with van der Waals surface area (Å²) in [7, 11) is 0. The third-order valence-corrected chi connectivity index (χ3v) is 4.24. The first kappa shape index (κ1) is 17.4. The summed E-state index contributed by atoms with van der Waals surface area (Å²) in [5.74, 6) is 1.71. The Balaban J connectivity index is 1.59. The molecule has 0 saturated carbocycles. The maximum atomic E-state index is 11.8. The van der Waals surface area contributed by atoms with Crippen molar-refractivity contribution in [1.29, 1.82) is 0 Å². The van der Waals surface area contributed by atoms with Crippen LogP contribution in [0.3, 0.4) is 0 Å². The normalized spacial score (nSPS) is 10.3. The number of carbonyl (C=O) groups excluding carboxylic acids is 1. The van der Waals surface area contributed by atoms with Gasteiger partial charge in [-0.25, -0.2) is 0 Å². The van der Waals surface area contributed by atoms with Crippen molar-refractivity contribution in [1.82, 2.24) is 5.32 Å². The number of amides is 1. The molecule has 0 heterocycles. The van der Waals surface area contributed by atoms with E-state index in [0.717, 1.165) is 11.5 Å². The monoisotopic (exact) mass is 329 g/mol. The minimum absolute atomic E-state index is 0.0671. The Kier molecular flexibility index (Phi) is 7.01. The molecule has 23 heavy (non-hydrogen) atoms. The van der Waals surface area contributed by atoms with Crippen LogP contribution in [-0.2, 0) is 4.79 Å². The smallest absolute Gasteiger partial charge is 0.220 e. The summed E-state index contributed by atoms with van der Waals surface area (Å²) in [6, 6.07) is 16.2. The van der Waals surface area contributed by atoms with E-state index < -0.39 is 0 Å². The third kappa shape index (κ3) is 6.78. The third-order valence-electron chi connectivity index (χ3n) is 3.23. The Labute approximate surface area is 142 Å². The van der Waals surface area contributed by atoms with Crippen LogP contribution in [0.25, 0.3) is 0 Å². The molecule has 4 heteroatoms. The molecule has 0 atom stereocenters. The molecular formula is C19H23NO2S. The first-order chi connectivity index (χ1) is 11.1. The van der Waals surface area contributed by atoms with Crippen molar-refractivity contribution in [3.63, 3.8) is 0 Å². The molecule has 122 valence electrons. The second-order valence-corrected chi connectivity index (χ2v) is 6.60. The van der Waals surface area contributed by atoms with Gasteiger partial charge in [-0.3, -0.25) is 4.79 Å². The highest BCUT2D eigenvalue weighted by Gasteiger charge is 2.02. The second kappa shape index (κ2) is 9.26. The van der Waals surface area contributed by atoms with Gasteiger partial charge in [0.05, 0.1) is 6.54 Å². The van der Waals surface area contributed by atoms with Crippen molar-refractivity contribution in [2.24, 2.45) is 0 Å². The van der Waals surface area contributed by atoms with Gasteiger partial charge in [-0.15, -0.1) is 11.8 Å². The molecule has 2 aromatic carbocycles. The van der Waals surface area contributed by atoms with Crippen LogP contribution in [0.2, 0.25) is 0 Å². The molecule has 1 N–H and O–H groups in total. The predicted octanol–water partition coefficient (Wildman–Crippen LogP) is 3.98. The van der Waals surface area contributed by atoms with Crippen LogP contribution in [-0.4, -0.2) is 24.8 Å². The minimum Gasteiger partial charge on any atom is -0.492 e. The molecule has 1 amide bonds. The summed E-state index contributed by atoms with van der Waals surface area (Å²) in [5.41, 5.74) is 2.36. The van der Waals surface area contributed by atoms with E-state index in [0.29, 0.717) is 19.6 Å². The molecule has 0 radical (unpaired) electrons. The Morgan fingerprint density at radius 2 is 1.78 bits per heavy atom. The fraction of sp³-hybridized carbons (Fsp3) is 0.316. The highest BCUT2D eigenvalue weighted by atomic mass is 32.2. The summed E-state index contributed by atoms with van der Waals surface area (Å²) in [4.78, 5) is 13.0. The summed E-state index contributed by atoms with van der Waals surface area (Å²) < 4.78 is 5.67. The Morgan fingerprint density at radius 1 is 1.09 bits per heavy atom. The van der Waals surface area contributed by atoms with Crippen LogP contribution in [0.4, 0.5) is 0 Å². The average Bonchev–Trinajstić information content (AvgIpc) is 2.52. The van der Waals surface area contributed by atoms with E-state index >= 15 is 0 Å². The molecule has 3 nitrogen and oxygen atoms in total. The van der Waals surface area contributed by atoms with Crippen LogP contribution in [0, 0.1) is 13.8 Å². The zero-order chi connectivity index (χ0) is 16.5. The molecule has 0 aliphatic carbocycles. The minimum atomic E-state index is 0.0671. The van der Waals surface area contributed by atoms with Gasteiger partial charge in [0, 0.05) is 17.1 Å². The lowest BCUT2D eigenvalue weighted by Gasteiger charge is -2.09. The fourth-order valence-electron chi connectivity index (χ4n) is 2.24. The van der Waals surface area contributed by atoms with Crippen molar-refractivity contribution in [3.8, 4) is 5.75 Å². The van der Waals surface area contributed by atoms with Crippen molar-refractivity contribution in [3.05, 3.63) is 59.7 Å². The van der Waals surface area contributed by atoms with Gasteiger partial charge in [-0.1, -0.05) is 24.3 Å². The molecule has 0 aliphatic heterocycles. The number of rotatable bonds is 8. The summed E-state index contributed by atoms with van der Waals surface area (Å²) in [6.45, 7) is 5.11. The highest BCUT2D eigenvalue weighted by Crippen LogP contribution is 2.17. The SMILES string of the molecule is Cc1cc(C)cc(OCCNC(=O)CCSc2ccccc2)c1. The molecule has 0 aromatic heterocycles. The number of aryl methyl sites for hydroxylation is 2. The largest absolute Gasteiger partial charge is 0.492 e. The Hall–Kier alpha value is -1.94. The van der Waals surface area contributed by atoms with E-state index in [1.54, 1.807) is 11.8 Å². The number of nitrogens with one attached hydrogen (secondary N) is 1. The lowest BCUT2D eigenvalue weighted by atomic mass is 10.1. The van der Waals surface area contributed by atoms with Crippen molar-refractivity contribution in [2.75, 3.05) is 18.9 Å². The molecular weight excluding hydrogens is 306 g/mol. The van der Waals surface area contributed by atoms with E-state index in [1.807, 2.05) is 44.2 Å². The first-order valence-corrected chi connectivity index (χ1v) is 8.78. The van der Waals surface area contributed by atoms with E-state index in [4.69, 9.17) is 4.74 Å². The number of hydrogen-bond acceptors (Lipinski definition) is 3. The molecule has 2 aromatic rings. The van der Waals surface area contributed by atoms with Crippen molar-refractivity contribution < 1.29 is 9.53 Å². The zero-order valence-corrected chi connectivity index (χ0v) is 14.5. The van der Waals surface area contributed by atoms with Crippen LogP contribution >= 0.6 is 11.8 Å². The van der Waals surface area contributed by atoms with Gasteiger partial charge in [0.25, 0.3) is 0 Å². The molecule has 0 fully saturated rings. The quantitative estimate of drug-likeness (QED) is 0.588. The van der Waals surface area contributed by atoms with Gasteiger partial charge in [0.2, 0.25) is 5.91 Å². The molecule has 0 bridgehead atoms. The van der Waals surface area contributed by atoms with E-state index in [9.17, 15) is 4.79 Å². The number of ether oxygens (including phenoxy) is 1. The van der Waals surface area contributed by atoms with Crippen LogP contribution in [0.5, 0.6) is 5.75 Å². The maximum Gasteiger partial charge on any atom is 0.220 e. The Morgan fingerprint density at radius 3 is 2.48 bits per heavy atom. The Bertz CT molecular complexity index is 608. The molecule has 0 saturated heterocycles. The standard InChI is InChI=1S/C19H23NO2S/c1-15-12-16(2)14-17(13-15)22-10-9-20-19(21)8-11-23-18-6-4-3-5-7-18/h3-7,12-14H,8-11H2,1-2H3,(H,20,21). The van der Waals surface area contributed by atoms with Gasteiger partial charge in [0.15, 0.2) is 0 Å². The average molecular weight is 329 g/mol. The fourth-order valence-corrected chi connectivity index (χ4v) is 3.12. The topological polar surface area (TPSA) is 38.3 Å². The van der Waals surface area contributed by atoms with Crippen LogP contribution < -0.4 is 10.1 Å². The van der Waals surface area contributed by atoms with E-state index in [-0.39, 0.29) is 5.91 Å². The summed E-state index contributed by atoms with van der Waals surface area (Å²) in [5, 5.41) is 2.89. The highest BCUT2D eigenvalue weighted by molar-refractivity contribution is 7.99. The molecule has 0 spiro atoms. The number of benzene rings is 2. The number of hydrogen-bond donors (Lipinski definition) is 1. The van der Waals surface area contributed by atoms with Gasteiger partial charge < -0.3 is 10.1 Å². The van der Waals surface area contributed by atoms with Gasteiger partial charge in [-0.05, 0) is 49.2 Å². The van der Waals surface area contributed by atoms with Crippen LogP contribution in [0.1, 0.15) is 17.5 Å². The predicted molar refractivity (Wildman–Crippen MR) is 96.2 cm³/mol. The molecule has 0 unspecified atom stereocenters. The first-order valence-electron chi connectivity index (χ1n) is 7.79. The van der Waals surface area contributed by atoms with E-state index in [2.05, 4.69) is 23.5 Å². The summed E-state index contributed by atoms with van der Waals surface area (Å²) in [6.07, 6.45) is 0.517. The molecule has 0 aliphatic rings. The van der Waals surface area contributed by atoms with Crippen molar-refractivity contribution in [2.45, 2.75) is 25.2 Å². The van der Waals surface area contributed by atoms with Gasteiger partial charge >= 0.3 is 0 Å².